The van der Waals surface area contributed by atoms with Crippen LogP contribution in [0.4, 0.5) is 0 Å². The molecule has 4 rings (SSSR count). The van der Waals surface area contributed by atoms with Crippen LogP contribution in [-0.4, -0.2) is 16.8 Å². The number of hydrogen-bond acceptors (Lipinski definition) is 2. The Morgan fingerprint density at radius 1 is 1.38 bits per heavy atom. The first-order chi connectivity index (χ1) is 7.79. The molecule has 1 amide bonds. The third kappa shape index (κ3) is 1.23. The van der Waals surface area contributed by atoms with Gasteiger partial charge in [-0.2, -0.15) is 5.26 Å². The molecule has 3 heteroatoms. The molecule has 0 radical (unpaired) electrons. The van der Waals surface area contributed by atoms with Crippen molar-refractivity contribution in [2.45, 2.75) is 25.4 Å². The largest absolute Gasteiger partial charge is 0.335 e. The van der Waals surface area contributed by atoms with E-state index in [1.54, 1.807) is 6.07 Å². The molecule has 0 atom stereocenters. The van der Waals surface area contributed by atoms with Gasteiger partial charge in [0.1, 0.15) is 0 Å². The predicted octanol–water partition coefficient (Wildman–Crippen LogP) is 1.68. The van der Waals surface area contributed by atoms with Crippen LogP contribution in [0.25, 0.3) is 0 Å². The molecule has 16 heavy (non-hydrogen) atoms. The maximum absolute atomic E-state index is 11.8. The van der Waals surface area contributed by atoms with Crippen LogP contribution in [0.5, 0.6) is 0 Å². The van der Waals surface area contributed by atoms with Gasteiger partial charge in [-0.1, -0.05) is 18.2 Å². The Morgan fingerprint density at radius 2 is 2.12 bits per heavy atom. The maximum atomic E-state index is 11.8. The third-order valence-electron chi connectivity index (χ3n) is 3.66. The van der Waals surface area contributed by atoms with Gasteiger partial charge in [0.05, 0.1) is 11.6 Å². The molecular weight excluding hydrogens is 200 g/mol. The van der Waals surface area contributed by atoms with Crippen LogP contribution >= 0.6 is 0 Å². The fraction of sp³-hybridized carbons (Fsp3) is 0.385. The molecule has 3 fully saturated rings. The molecular formula is C13H12N2O. The summed E-state index contributed by atoms with van der Waals surface area (Å²) in [5, 5.41) is 8.98. The lowest BCUT2D eigenvalue weighted by atomic mass is 9.86. The lowest BCUT2D eigenvalue weighted by molar-refractivity contribution is -0.129. The molecule has 2 saturated heterocycles. The average Bonchev–Trinajstić information content (AvgIpc) is 2.69. The predicted molar refractivity (Wildman–Crippen MR) is 58.2 cm³/mol. The molecule has 1 aromatic carbocycles. The van der Waals surface area contributed by atoms with Crippen molar-refractivity contribution < 1.29 is 4.79 Å². The summed E-state index contributed by atoms with van der Waals surface area (Å²) in [4.78, 5) is 13.7. The van der Waals surface area contributed by atoms with Crippen LogP contribution in [0, 0.1) is 17.2 Å². The molecule has 3 aliphatic rings. The van der Waals surface area contributed by atoms with Gasteiger partial charge in [-0.15, -0.1) is 0 Å². The zero-order valence-corrected chi connectivity index (χ0v) is 8.89. The third-order valence-corrected chi connectivity index (χ3v) is 3.66. The minimum Gasteiger partial charge on any atom is -0.335 e. The summed E-state index contributed by atoms with van der Waals surface area (Å²) in [7, 11) is 0. The number of carbonyl (C=O) groups excluding carboxylic acids is 1. The van der Waals surface area contributed by atoms with Crippen LogP contribution < -0.4 is 0 Å². The van der Waals surface area contributed by atoms with Crippen LogP contribution in [0.15, 0.2) is 24.3 Å². The van der Waals surface area contributed by atoms with E-state index < -0.39 is 0 Å². The van der Waals surface area contributed by atoms with Crippen LogP contribution in [0.3, 0.4) is 0 Å². The van der Waals surface area contributed by atoms with Crippen molar-refractivity contribution in [1.82, 2.24) is 4.90 Å². The number of rotatable bonds is 2. The van der Waals surface area contributed by atoms with E-state index in [1.165, 1.54) is 0 Å². The molecule has 0 unspecified atom stereocenters. The number of carbonyl (C=O) groups is 1. The molecule has 0 aromatic heterocycles. The van der Waals surface area contributed by atoms with E-state index in [-0.39, 0.29) is 11.8 Å². The minimum atomic E-state index is 0.276. The topological polar surface area (TPSA) is 44.1 Å². The first-order valence-electron chi connectivity index (χ1n) is 5.58. The molecule has 2 bridgehead atoms. The number of nitriles is 1. The lowest BCUT2D eigenvalue weighted by Crippen LogP contribution is -2.29. The molecule has 1 saturated carbocycles. The summed E-state index contributed by atoms with van der Waals surface area (Å²) in [6.45, 7) is 0.601. The van der Waals surface area contributed by atoms with Gasteiger partial charge in [0.15, 0.2) is 0 Å². The monoisotopic (exact) mass is 212 g/mol. The average molecular weight is 212 g/mol. The molecule has 1 aromatic rings. The Hall–Kier alpha value is -1.82. The van der Waals surface area contributed by atoms with Crippen molar-refractivity contribution in [3.05, 3.63) is 35.4 Å². The molecule has 0 N–H and O–H groups in total. The number of benzene rings is 1. The Bertz CT molecular complexity index is 483. The molecule has 80 valence electrons. The highest BCUT2D eigenvalue weighted by molar-refractivity contribution is 5.84. The molecule has 2 heterocycles. The van der Waals surface area contributed by atoms with Crippen LogP contribution in [0.2, 0.25) is 0 Å². The number of hydrogen-bond donors (Lipinski definition) is 0. The normalized spacial score (nSPS) is 26.4. The highest BCUT2D eigenvalue weighted by Gasteiger charge is 2.49. The van der Waals surface area contributed by atoms with Gasteiger partial charge in [0, 0.05) is 18.5 Å². The van der Waals surface area contributed by atoms with Gasteiger partial charge in [0.25, 0.3) is 0 Å². The second kappa shape index (κ2) is 3.34. The number of amides is 1. The fourth-order valence-corrected chi connectivity index (χ4v) is 2.62. The van der Waals surface area contributed by atoms with E-state index in [4.69, 9.17) is 5.26 Å². The highest BCUT2D eigenvalue weighted by atomic mass is 16.2. The SMILES string of the molecule is N#Cc1ccccc1CN1C(=O)C2CC1C2. The Kier molecular flexibility index (Phi) is 1.97. The quantitative estimate of drug-likeness (QED) is 0.748. The van der Waals surface area contributed by atoms with Crippen molar-refractivity contribution in [3.8, 4) is 6.07 Å². The van der Waals surface area contributed by atoms with Gasteiger partial charge < -0.3 is 4.90 Å². The second-order valence-electron chi connectivity index (χ2n) is 4.56. The van der Waals surface area contributed by atoms with Gasteiger partial charge in [0.2, 0.25) is 5.91 Å². The van der Waals surface area contributed by atoms with Crippen molar-refractivity contribution >= 4 is 5.91 Å². The van der Waals surface area contributed by atoms with Gasteiger partial charge in [-0.25, -0.2) is 0 Å². The van der Waals surface area contributed by atoms with Crippen molar-refractivity contribution in [2.24, 2.45) is 5.92 Å². The molecule has 2 aliphatic heterocycles. The molecule has 3 nitrogen and oxygen atoms in total. The summed E-state index contributed by atoms with van der Waals surface area (Å²) in [6.07, 6.45) is 2.04. The molecule has 0 spiro atoms. The maximum Gasteiger partial charge on any atom is 0.226 e. The fourth-order valence-electron chi connectivity index (χ4n) is 2.62. The second-order valence-corrected chi connectivity index (χ2v) is 4.56. The Morgan fingerprint density at radius 3 is 2.75 bits per heavy atom. The van der Waals surface area contributed by atoms with E-state index in [0.29, 0.717) is 18.2 Å². The van der Waals surface area contributed by atoms with Gasteiger partial charge >= 0.3 is 0 Å². The Labute approximate surface area is 94.3 Å². The van der Waals surface area contributed by atoms with E-state index >= 15 is 0 Å². The van der Waals surface area contributed by atoms with E-state index in [9.17, 15) is 4.79 Å². The van der Waals surface area contributed by atoms with E-state index in [0.717, 1.165) is 18.4 Å². The zero-order valence-electron chi connectivity index (χ0n) is 8.89. The van der Waals surface area contributed by atoms with Crippen LogP contribution in [0.1, 0.15) is 24.0 Å². The summed E-state index contributed by atoms with van der Waals surface area (Å²) in [5.74, 6) is 0.553. The van der Waals surface area contributed by atoms with Crippen LogP contribution in [-0.2, 0) is 11.3 Å². The lowest BCUT2D eigenvalue weighted by Gasteiger charge is -2.25. The standard InChI is InChI=1S/C13H12N2O/c14-7-9-3-1-2-4-10(9)8-15-12-5-11(6-12)13(15)16/h1-4,11-12H,5-6,8H2. The van der Waals surface area contributed by atoms with E-state index in [2.05, 4.69) is 6.07 Å². The number of nitrogens with zero attached hydrogens (tertiary/aromatic N) is 2. The van der Waals surface area contributed by atoms with Crippen molar-refractivity contribution in [3.63, 3.8) is 0 Å². The van der Waals surface area contributed by atoms with Gasteiger partial charge in [-0.05, 0) is 24.5 Å². The minimum absolute atomic E-state index is 0.276. The Balaban J connectivity index is 1.85. The van der Waals surface area contributed by atoms with Crippen molar-refractivity contribution in [1.29, 1.82) is 5.26 Å². The zero-order chi connectivity index (χ0) is 11.1. The smallest absolute Gasteiger partial charge is 0.226 e. The first-order valence-corrected chi connectivity index (χ1v) is 5.58. The number of fused-ring (bicyclic) bond motifs is 1. The summed E-state index contributed by atoms with van der Waals surface area (Å²) >= 11 is 0. The molecule has 1 aliphatic carbocycles. The van der Waals surface area contributed by atoms with Crippen molar-refractivity contribution in [2.75, 3.05) is 0 Å². The summed E-state index contributed by atoms with van der Waals surface area (Å²) in [5.41, 5.74) is 1.64. The summed E-state index contributed by atoms with van der Waals surface area (Å²) < 4.78 is 0. The van der Waals surface area contributed by atoms with E-state index in [1.807, 2.05) is 23.1 Å². The van der Waals surface area contributed by atoms with Gasteiger partial charge in [-0.3, -0.25) is 4.79 Å². The summed E-state index contributed by atoms with van der Waals surface area (Å²) in [6, 6.07) is 10.1. The first kappa shape index (κ1) is 9.41. The highest BCUT2D eigenvalue weighted by Crippen LogP contribution is 2.42.